The first-order valence-corrected chi connectivity index (χ1v) is 7.84. The summed E-state index contributed by atoms with van der Waals surface area (Å²) in [6.07, 6.45) is 5.09. The highest BCUT2D eigenvalue weighted by Crippen LogP contribution is 2.47. The Kier molecular flexibility index (Phi) is 4.57. The average molecular weight is 326 g/mol. The van der Waals surface area contributed by atoms with Crippen LogP contribution < -0.4 is 10.5 Å². The maximum atomic E-state index is 6.59. The van der Waals surface area contributed by atoms with E-state index in [9.17, 15) is 0 Å². The molecule has 2 nitrogen and oxygen atoms in total. The average Bonchev–Trinajstić information content (AvgIpc) is 2.37. The quantitative estimate of drug-likeness (QED) is 0.876. The van der Waals surface area contributed by atoms with Gasteiger partial charge in [-0.05, 0) is 42.4 Å². The van der Waals surface area contributed by atoms with Crippen molar-refractivity contribution in [3.8, 4) is 5.75 Å². The van der Waals surface area contributed by atoms with Gasteiger partial charge in [0.15, 0.2) is 0 Å². The van der Waals surface area contributed by atoms with Crippen molar-refractivity contribution in [2.75, 3.05) is 7.11 Å². The molecule has 0 aromatic heterocycles. The maximum Gasteiger partial charge on any atom is 0.123 e. The monoisotopic (exact) mass is 325 g/mol. The van der Waals surface area contributed by atoms with Crippen LogP contribution in [0.4, 0.5) is 0 Å². The molecule has 1 aromatic carbocycles. The zero-order valence-electron chi connectivity index (χ0n) is 12.1. The van der Waals surface area contributed by atoms with Gasteiger partial charge < -0.3 is 10.5 Å². The van der Waals surface area contributed by atoms with Gasteiger partial charge in [-0.15, -0.1) is 0 Å². The number of halogens is 1. The van der Waals surface area contributed by atoms with Crippen LogP contribution in [0.3, 0.4) is 0 Å². The highest BCUT2D eigenvalue weighted by molar-refractivity contribution is 9.10. The molecule has 0 radical (unpaired) electrons. The van der Waals surface area contributed by atoms with Crippen molar-refractivity contribution < 1.29 is 4.74 Å². The van der Waals surface area contributed by atoms with Gasteiger partial charge in [0.2, 0.25) is 0 Å². The molecule has 2 atom stereocenters. The Morgan fingerprint density at radius 1 is 1.37 bits per heavy atom. The third kappa shape index (κ3) is 3.14. The lowest BCUT2D eigenvalue weighted by Crippen LogP contribution is -2.36. The van der Waals surface area contributed by atoms with Crippen LogP contribution in [-0.2, 0) is 0 Å². The smallest absolute Gasteiger partial charge is 0.123 e. The van der Waals surface area contributed by atoms with E-state index in [1.165, 1.54) is 25.7 Å². The van der Waals surface area contributed by atoms with Crippen LogP contribution >= 0.6 is 15.9 Å². The molecule has 0 heterocycles. The fourth-order valence-electron chi connectivity index (χ4n) is 3.37. The summed E-state index contributed by atoms with van der Waals surface area (Å²) in [6, 6.07) is 6.15. The van der Waals surface area contributed by atoms with Crippen molar-refractivity contribution in [3.05, 3.63) is 28.2 Å². The van der Waals surface area contributed by atoms with E-state index in [0.29, 0.717) is 11.3 Å². The largest absolute Gasteiger partial charge is 0.496 e. The topological polar surface area (TPSA) is 35.2 Å². The van der Waals surface area contributed by atoms with E-state index in [0.717, 1.165) is 15.8 Å². The summed E-state index contributed by atoms with van der Waals surface area (Å²) >= 11 is 3.54. The van der Waals surface area contributed by atoms with Gasteiger partial charge in [-0.3, -0.25) is 0 Å². The molecule has 0 aliphatic heterocycles. The van der Waals surface area contributed by atoms with E-state index in [4.69, 9.17) is 10.5 Å². The lowest BCUT2D eigenvalue weighted by atomic mass is 9.65. The maximum absolute atomic E-state index is 6.59. The number of nitrogens with two attached hydrogens (primary N) is 1. The Hall–Kier alpha value is -0.540. The summed E-state index contributed by atoms with van der Waals surface area (Å²) in [7, 11) is 1.71. The number of hydrogen-bond donors (Lipinski definition) is 1. The first-order chi connectivity index (χ1) is 8.95. The van der Waals surface area contributed by atoms with Gasteiger partial charge in [-0.25, -0.2) is 0 Å². The second-order valence-electron chi connectivity index (χ2n) is 6.25. The molecular formula is C16H24BrNO. The molecule has 19 heavy (non-hydrogen) atoms. The normalized spacial score (nSPS) is 23.9. The minimum Gasteiger partial charge on any atom is -0.496 e. The highest BCUT2D eigenvalue weighted by Gasteiger charge is 2.37. The molecule has 0 spiro atoms. The minimum atomic E-state index is 0.0442. The molecule has 0 saturated heterocycles. The van der Waals surface area contributed by atoms with Crippen LogP contribution in [-0.4, -0.2) is 7.11 Å². The third-order valence-corrected chi connectivity index (χ3v) is 5.07. The highest BCUT2D eigenvalue weighted by atomic mass is 79.9. The van der Waals surface area contributed by atoms with Gasteiger partial charge in [0.05, 0.1) is 7.11 Å². The second-order valence-corrected chi connectivity index (χ2v) is 7.17. The Balaban J connectivity index is 2.32. The number of rotatable bonds is 3. The summed E-state index contributed by atoms with van der Waals surface area (Å²) in [5, 5.41) is 0. The van der Waals surface area contributed by atoms with Crippen molar-refractivity contribution in [1.29, 1.82) is 0 Å². The number of hydrogen-bond acceptors (Lipinski definition) is 2. The van der Waals surface area contributed by atoms with Gasteiger partial charge >= 0.3 is 0 Å². The van der Waals surface area contributed by atoms with Crippen LogP contribution in [0.15, 0.2) is 22.7 Å². The molecule has 1 fully saturated rings. The van der Waals surface area contributed by atoms with Gasteiger partial charge in [0, 0.05) is 16.1 Å². The summed E-state index contributed by atoms with van der Waals surface area (Å²) in [6.45, 7) is 4.70. The zero-order chi connectivity index (χ0) is 14.0. The second kappa shape index (κ2) is 5.84. The minimum absolute atomic E-state index is 0.0442. The van der Waals surface area contributed by atoms with Crippen LogP contribution in [0.25, 0.3) is 0 Å². The molecule has 2 N–H and O–H groups in total. The summed E-state index contributed by atoms with van der Waals surface area (Å²) in [4.78, 5) is 0. The molecule has 0 amide bonds. The molecule has 2 unspecified atom stereocenters. The first kappa shape index (κ1) is 14.9. The summed E-state index contributed by atoms with van der Waals surface area (Å²) < 4.78 is 6.54. The van der Waals surface area contributed by atoms with Crippen molar-refractivity contribution in [3.63, 3.8) is 0 Å². The summed E-state index contributed by atoms with van der Waals surface area (Å²) in [5.74, 6) is 1.42. The Bertz CT molecular complexity index is 444. The molecule has 106 valence electrons. The van der Waals surface area contributed by atoms with E-state index in [-0.39, 0.29) is 6.04 Å². The molecule has 2 rings (SSSR count). The number of ether oxygens (including phenoxy) is 1. The molecule has 1 saturated carbocycles. The standard InChI is InChI=1S/C16H24BrNO/c1-16(2)9-5-4-6-13(16)15(18)12-10-11(17)7-8-14(12)19-3/h7-8,10,13,15H,4-6,9,18H2,1-3H3. The van der Waals surface area contributed by atoms with E-state index in [1.54, 1.807) is 7.11 Å². The van der Waals surface area contributed by atoms with Crippen molar-refractivity contribution >= 4 is 15.9 Å². The van der Waals surface area contributed by atoms with E-state index in [2.05, 4.69) is 35.8 Å². The van der Waals surface area contributed by atoms with Crippen molar-refractivity contribution in [2.45, 2.75) is 45.6 Å². The molecule has 1 aromatic rings. The lowest BCUT2D eigenvalue weighted by molar-refractivity contribution is 0.111. The van der Waals surface area contributed by atoms with E-state index >= 15 is 0 Å². The Morgan fingerprint density at radius 2 is 2.11 bits per heavy atom. The fraction of sp³-hybridized carbons (Fsp3) is 0.625. The summed E-state index contributed by atoms with van der Waals surface area (Å²) in [5.41, 5.74) is 8.02. The first-order valence-electron chi connectivity index (χ1n) is 7.05. The number of benzene rings is 1. The van der Waals surface area contributed by atoms with Crippen molar-refractivity contribution in [1.82, 2.24) is 0 Å². The molecule has 0 bridgehead atoms. The molecule has 3 heteroatoms. The van der Waals surface area contributed by atoms with Crippen LogP contribution in [0.2, 0.25) is 0 Å². The Labute approximate surface area is 124 Å². The molecule has 1 aliphatic carbocycles. The predicted molar refractivity (Wildman–Crippen MR) is 83.4 cm³/mol. The lowest BCUT2D eigenvalue weighted by Gasteiger charge is -2.42. The van der Waals surface area contributed by atoms with E-state index in [1.807, 2.05) is 12.1 Å². The van der Waals surface area contributed by atoms with Crippen LogP contribution in [0.1, 0.15) is 51.1 Å². The SMILES string of the molecule is COc1ccc(Br)cc1C(N)C1CCCCC1(C)C. The number of methoxy groups -OCH3 is 1. The van der Waals surface area contributed by atoms with Gasteiger partial charge in [-0.1, -0.05) is 42.6 Å². The van der Waals surface area contributed by atoms with Gasteiger partial charge in [-0.2, -0.15) is 0 Å². The van der Waals surface area contributed by atoms with Crippen LogP contribution in [0, 0.1) is 11.3 Å². The van der Waals surface area contributed by atoms with Gasteiger partial charge in [0.25, 0.3) is 0 Å². The predicted octanol–water partition coefficient (Wildman–Crippen LogP) is 4.67. The fourth-order valence-corrected chi connectivity index (χ4v) is 3.75. The molecule has 1 aliphatic rings. The van der Waals surface area contributed by atoms with Crippen LogP contribution in [0.5, 0.6) is 5.75 Å². The zero-order valence-corrected chi connectivity index (χ0v) is 13.7. The molecular weight excluding hydrogens is 302 g/mol. The van der Waals surface area contributed by atoms with E-state index < -0.39 is 0 Å². The Morgan fingerprint density at radius 3 is 2.74 bits per heavy atom. The van der Waals surface area contributed by atoms with Gasteiger partial charge in [0.1, 0.15) is 5.75 Å². The third-order valence-electron chi connectivity index (χ3n) is 4.57. The van der Waals surface area contributed by atoms with Crippen molar-refractivity contribution in [2.24, 2.45) is 17.1 Å².